The van der Waals surface area contributed by atoms with E-state index in [1.54, 1.807) is 17.6 Å². The molecule has 6 nitrogen and oxygen atoms in total. The molecule has 180 valence electrons. The van der Waals surface area contributed by atoms with Crippen LogP contribution in [0.25, 0.3) is 0 Å². The largest absolute Gasteiger partial charge is 0.416 e. The van der Waals surface area contributed by atoms with Gasteiger partial charge in [-0.2, -0.15) is 22.5 Å². The van der Waals surface area contributed by atoms with E-state index in [0.29, 0.717) is 29.4 Å². The van der Waals surface area contributed by atoms with Gasteiger partial charge < -0.3 is 10.2 Å². The Hall–Kier alpha value is -2.62. The van der Waals surface area contributed by atoms with Gasteiger partial charge >= 0.3 is 6.18 Å². The molecule has 4 atom stereocenters. The minimum absolute atomic E-state index is 0.174. The van der Waals surface area contributed by atoms with Crippen molar-refractivity contribution < 1.29 is 13.2 Å². The molecular weight excluding hydrogens is 461 g/mol. The topological polar surface area (TPSA) is 58.9 Å². The first kappa shape index (κ1) is 21.9. The van der Waals surface area contributed by atoms with Gasteiger partial charge in [-0.15, -0.1) is 5.10 Å². The van der Waals surface area contributed by atoms with Gasteiger partial charge in [0.25, 0.3) is 0 Å². The van der Waals surface area contributed by atoms with Gasteiger partial charge in [0.2, 0.25) is 5.95 Å². The van der Waals surface area contributed by atoms with E-state index in [0.717, 1.165) is 50.1 Å². The molecule has 0 radical (unpaired) electrons. The number of nitrogens with zero attached hydrogens (tertiary/aromatic N) is 5. The second-order valence-electron chi connectivity index (χ2n) is 9.81. The maximum atomic E-state index is 13.3. The average Bonchev–Trinajstić information content (AvgIpc) is 3.48. The number of anilines is 2. The van der Waals surface area contributed by atoms with E-state index in [9.17, 15) is 13.2 Å². The third-order valence-corrected chi connectivity index (χ3v) is 8.49. The molecule has 3 aliphatic rings. The summed E-state index contributed by atoms with van der Waals surface area (Å²) in [5.74, 6) is 2.23. The molecule has 0 amide bonds. The summed E-state index contributed by atoms with van der Waals surface area (Å²) in [6.07, 6.45) is -0.350. The molecule has 3 aromatic rings. The van der Waals surface area contributed by atoms with Crippen LogP contribution in [0.1, 0.15) is 54.2 Å². The molecule has 2 aromatic heterocycles. The monoisotopic (exact) mass is 488 g/mol. The highest BCUT2D eigenvalue weighted by molar-refractivity contribution is 7.10. The molecule has 4 heterocycles. The zero-order valence-corrected chi connectivity index (χ0v) is 19.7. The molecule has 0 spiro atoms. The molecule has 2 fully saturated rings. The van der Waals surface area contributed by atoms with Gasteiger partial charge in [-0.3, -0.25) is 0 Å². The minimum Gasteiger partial charge on any atom is -0.361 e. The Morgan fingerprint density at radius 2 is 1.88 bits per heavy atom. The Kier molecular flexibility index (Phi) is 5.31. The zero-order valence-electron chi connectivity index (χ0n) is 18.9. The number of hydrogen-bond donors (Lipinski definition) is 1. The van der Waals surface area contributed by atoms with Gasteiger partial charge in [-0.05, 0) is 73.7 Å². The summed E-state index contributed by atoms with van der Waals surface area (Å²) in [5.41, 5.74) is 1.11. The van der Waals surface area contributed by atoms with Crippen molar-refractivity contribution in [3.05, 3.63) is 53.0 Å². The molecule has 1 N–H and O–H groups in total. The minimum atomic E-state index is -4.35. The van der Waals surface area contributed by atoms with Gasteiger partial charge in [-0.1, -0.05) is 18.2 Å². The van der Waals surface area contributed by atoms with Crippen LogP contribution >= 0.6 is 11.5 Å². The molecule has 34 heavy (non-hydrogen) atoms. The lowest BCUT2D eigenvalue weighted by Crippen LogP contribution is -2.48. The summed E-state index contributed by atoms with van der Waals surface area (Å²) in [5, 5.41) is 9.59. The zero-order chi connectivity index (χ0) is 23.4. The molecule has 1 saturated carbocycles. The fourth-order valence-electron chi connectivity index (χ4n) is 5.95. The number of benzene rings is 1. The van der Waals surface area contributed by atoms with Crippen molar-refractivity contribution in [3.63, 3.8) is 0 Å². The fourth-order valence-corrected chi connectivity index (χ4v) is 6.72. The number of alkyl halides is 3. The van der Waals surface area contributed by atoms with Crippen LogP contribution in [-0.4, -0.2) is 38.3 Å². The normalized spacial score (nSPS) is 26.5. The van der Waals surface area contributed by atoms with E-state index in [1.807, 2.05) is 11.6 Å². The highest BCUT2D eigenvalue weighted by atomic mass is 32.1. The standard InChI is InChI=1S/C24H27F3N6S/c1-14-10-20(34-31-14)32-12-16-7-8-17(13-32)21(16)28-23-29-22-19(6-3-9-33(22)30-23)15-4-2-5-18(11-15)24(25,26)27/h2,4-5,10-11,16-17,19,21H,3,6-9,12-13H2,1H3,(H,28,30)/t16-,17+,19?,21-. The summed E-state index contributed by atoms with van der Waals surface area (Å²) < 4.78 is 46.1. The van der Waals surface area contributed by atoms with E-state index < -0.39 is 11.7 Å². The quantitative estimate of drug-likeness (QED) is 0.539. The SMILES string of the molecule is Cc1cc(N2C[C@H]3CC[C@@H](C2)[C@@H]3Nc2nc3n(n2)CCCC3c2cccc(C(F)(F)F)c2)sn1. The van der Waals surface area contributed by atoms with Crippen LogP contribution in [0.15, 0.2) is 30.3 Å². The number of fused-ring (bicyclic) bond motifs is 3. The molecule has 10 heteroatoms. The summed E-state index contributed by atoms with van der Waals surface area (Å²) >= 11 is 1.57. The molecule has 6 rings (SSSR count). The van der Waals surface area contributed by atoms with Crippen LogP contribution in [0, 0.1) is 18.8 Å². The Morgan fingerprint density at radius 3 is 2.59 bits per heavy atom. The predicted molar refractivity (Wildman–Crippen MR) is 125 cm³/mol. The molecule has 2 bridgehead atoms. The van der Waals surface area contributed by atoms with E-state index in [4.69, 9.17) is 10.1 Å². The van der Waals surface area contributed by atoms with E-state index in [1.165, 1.54) is 30.0 Å². The second kappa shape index (κ2) is 8.25. The average molecular weight is 489 g/mol. The van der Waals surface area contributed by atoms with Crippen LogP contribution in [-0.2, 0) is 12.7 Å². The third kappa shape index (κ3) is 3.95. The number of nitrogens with one attached hydrogen (secondary N) is 1. The maximum Gasteiger partial charge on any atom is 0.416 e. The van der Waals surface area contributed by atoms with Gasteiger partial charge in [-0.25, -0.2) is 4.68 Å². The van der Waals surface area contributed by atoms with Crippen molar-refractivity contribution in [1.29, 1.82) is 0 Å². The van der Waals surface area contributed by atoms with Gasteiger partial charge in [0.1, 0.15) is 10.8 Å². The van der Waals surface area contributed by atoms with Crippen LogP contribution in [0.5, 0.6) is 0 Å². The number of rotatable bonds is 4. The van der Waals surface area contributed by atoms with Crippen molar-refractivity contribution >= 4 is 22.5 Å². The van der Waals surface area contributed by atoms with Crippen molar-refractivity contribution in [3.8, 4) is 0 Å². The smallest absolute Gasteiger partial charge is 0.361 e. The first-order chi connectivity index (χ1) is 16.3. The van der Waals surface area contributed by atoms with Crippen molar-refractivity contribution in [2.45, 2.75) is 57.3 Å². The second-order valence-corrected chi connectivity index (χ2v) is 10.6. The van der Waals surface area contributed by atoms with Crippen LogP contribution in [0.2, 0.25) is 0 Å². The highest BCUT2D eigenvalue weighted by Crippen LogP contribution is 2.41. The molecule has 1 saturated heterocycles. The van der Waals surface area contributed by atoms with Crippen molar-refractivity contribution in [2.24, 2.45) is 11.8 Å². The molecule has 1 unspecified atom stereocenters. The summed E-state index contributed by atoms with van der Waals surface area (Å²) in [6, 6.07) is 8.13. The highest BCUT2D eigenvalue weighted by Gasteiger charge is 2.43. The lowest BCUT2D eigenvalue weighted by Gasteiger charge is -2.38. The van der Waals surface area contributed by atoms with Gasteiger partial charge in [0.05, 0.1) is 11.3 Å². The summed E-state index contributed by atoms with van der Waals surface area (Å²) in [6.45, 7) is 4.77. The molecular formula is C24H27F3N6S. The van der Waals surface area contributed by atoms with Gasteiger partial charge in [0.15, 0.2) is 0 Å². The Morgan fingerprint density at radius 1 is 1.09 bits per heavy atom. The Bertz CT molecular complexity index is 1170. The first-order valence-electron chi connectivity index (χ1n) is 11.9. The summed E-state index contributed by atoms with van der Waals surface area (Å²) in [4.78, 5) is 7.27. The Balaban J connectivity index is 1.21. The lowest BCUT2D eigenvalue weighted by molar-refractivity contribution is -0.137. The number of hydrogen-bond acceptors (Lipinski definition) is 6. The first-order valence-corrected chi connectivity index (χ1v) is 12.7. The molecule has 2 aliphatic heterocycles. The van der Waals surface area contributed by atoms with Crippen LogP contribution < -0.4 is 10.2 Å². The number of aryl methyl sites for hydroxylation is 2. The van der Waals surface area contributed by atoms with Crippen LogP contribution in [0.3, 0.4) is 0 Å². The number of piperidine rings is 1. The number of halogens is 3. The van der Waals surface area contributed by atoms with E-state index in [-0.39, 0.29) is 5.92 Å². The Labute approximate surface area is 200 Å². The molecule has 1 aromatic carbocycles. The summed E-state index contributed by atoms with van der Waals surface area (Å²) in [7, 11) is 0. The lowest BCUT2D eigenvalue weighted by atomic mass is 9.90. The van der Waals surface area contributed by atoms with Gasteiger partial charge in [0, 0.05) is 31.6 Å². The van der Waals surface area contributed by atoms with E-state index >= 15 is 0 Å². The van der Waals surface area contributed by atoms with Crippen molar-refractivity contribution in [1.82, 2.24) is 19.1 Å². The maximum absolute atomic E-state index is 13.3. The molecule has 1 aliphatic carbocycles. The fraction of sp³-hybridized carbons (Fsp3) is 0.542. The predicted octanol–water partition coefficient (Wildman–Crippen LogP) is 5.31. The third-order valence-electron chi connectivity index (χ3n) is 7.55. The van der Waals surface area contributed by atoms with Crippen LogP contribution in [0.4, 0.5) is 24.1 Å². The van der Waals surface area contributed by atoms with Crippen molar-refractivity contribution in [2.75, 3.05) is 23.3 Å². The van der Waals surface area contributed by atoms with E-state index in [2.05, 4.69) is 20.7 Å². The number of aromatic nitrogens is 4.